The molecule has 1 aromatic heterocycles. The zero-order valence-corrected chi connectivity index (χ0v) is 12.1. The van der Waals surface area contributed by atoms with Gasteiger partial charge in [0, 0.05) is 36.9 Å². The smallest absolute Gasteiger partial charge is 0.133 e. The summed E-state index contributed by atoms with van der Waals surface area (Å²) < 4.78 is 0. The molecular formula is C16H25N3. The third kappa shape index (κ3) is 2.92. The van der Waals surface area contributed by atoms with Crippen molar-refractivity contribution in [1.82, 2.24) is 10.3 Å². The molecule has 1 atom stereocenters. The van der Waals surface area contributed by atoms with Gasteiger partial charge in [-0.05, 0) is 37.7 Å². The molecule has 1 saturated heterocycles. The highest BCUT2D eigenvalue weighted by Gasteiger charge is 2.29. The molecule has 0 bridgehead atoms. The summed E-state index contributed by atoms with van der Waals surface area (Å²) >= 11 is 0. The third-order valence-electron chi connectivity index (χ3n) is 4.37. The standard InChI is InChI=1S/C16H25N3/c1-12(2)15-6-4-10-19(15)16-13(5-3-9-17-16)11-18-14-7-8-14/h3,5,9,12,14-15,18H,4,6-8,10-11H2,1-2H3. The molecule has 2 heterocycles. The van der Waals surface area contributed by atoms with Crippen molar-refractivity contribution in [2.24, 2.45) is 5.92 Å². The molecule has 3 heteroatoms. The van der Waals surface area contributed by atoms with E-state index in [2.05, 4.69) is 41.2 Å². The number of rotatable bonds is 5. The lowest BCUT2D eigenvalue weighted by molar-refractivity contribution is 0.488. The summed E-state index contributed by atoms with van der Waals surface area (Å²) in [6.07, 6.45) is 7.23. The van der Waals surface area contributed by atoms with Crippen LogP contribution in [0.15, 0.2) is 18.3 Å². The average Bonchev–Trinajstić information content (AvgIpc) is 3.11. The van der Waals surface area contributed by atoms with Crippen LogP contribution in [0.4, 0.5) is 5.82 Å². The first-order chi connectivity index (χ1) is 9.25. The number of nitrogens with zero attached hydrogens (tertiary/aromatic N) is 2. The Kier molecular flexibility index (Phi) is 3.74. The van der Waals surface area contributed by atoms with E-state index < -0.39 is 0 Å². The van der Waals surface area contributed by atoms with E-state index >= 15 is 0 Å². The van der Waals surface area contributed by atoms with E-state index in [0.717, 1.165) is 19.1 Å². The van der Waals surface area contributed by atoms with E-state index in [4.69, 9.17) is 0 Å². The summed E-state index contributed by atoms with van der Waals surface area (Å²) in [6.45, 7) is 6.79. The van der Waals surface area contributed by atoms with Crippen molar-refractivity contribution in [2.75, 3.05) is 11.4 Å². The Balaban J connectivity index is 1.78. The third-order valence-corrected chi connectivity index (χ3v) is 4.37. The van der Waals surface area contributed by atoms with Crippen LogP contribution < -0.4 is 10.2 Å². The van der Waals surface area contributed by atoms with E-state index in [1.54, 1.807) is 0 Å². The number of nitrogens with one attached hydrogen (secondary N) is 1. The van der Waals surface area contributed by atoms with E-state index in [9.17, 15) is 0 Å². The maximum atomic E-state index is 4.68. The monoisotopic (exact) mass is 259 g/mol. The van der Waals surface area contributed by atoms with Gasteiger partial charge in [-0.25, -0.2) is 4.98 Å². The van der Waals surface area contributed by atoms with Gasteiger partial charge in [0.15, 0.2) is 0 Å². The molecule has 19 heavy (non-hydrogen) atoms. The zero-order chi connectivity index (χ0) is 13.2. The molecule has 1 aliphatic carbocycles. The van der Waals surface area contributed by atoms with Crippen molar-refractivity contribution >= 4 is 5.82 Å². The first-order valence-electron chi connectivity index (χ1n) is 7.69. The first kappa shape index (κ1) is 12.9. The van der Waals surface area contributed by atoms with Gasteiger partial charge in [0.2, 0.25) is 0 Å². The van der Waals surface area contributed by atoms with Crippen LogP contribution in [0.2, 0.25) is 0 Å². The van der Waals surface area contributed by atoms with Gasteiger partial charge in [-0.15, -0.1) is 0 Å². The van der Waals surface area contributed by atoms with Crippen LogP contribution in [0.3, 0.4) is 0 Å². The van der Waals surface area contributed by atoms with Gasteiger partial charge in [-0.3, -0.25) is 0 Å². The average molecular weight is 259 g/mol. The minimum absolute atomic E-state index is 0.662. The van der Waals surface area contributed by atoms with Crippen molar-refractivity contribution in [1.29, 1.82) is 0 Å². The van der Waals surface area contributed by atoms with Crippen LogP contribution in [0, 0.1) is 5.92 Å². The fourth-order valence-electron chi connectivity index (χ4n) is 3.12. The number of pyridine rings is 1. The summed E-state index contributed by atoms with van der Waals surface area (Å²) in [5, 5.41) is 3.61. The fourth-order valence-corrected chi connectivity index (χ4v) is 3.12. The Morgan fingerprint density at radius 3 is 2.95 bits per heavy atom. The second-order valence-electron chi connectivity index (χ2n) is 6.29. The lowest BCUT2D eigenvalue weighted by Crippen LogP contribution is -2.35. The Bertz CT molecular complexity index is 426. The molecule has 0 spiro atoms. The predicted octanol–water partition coefficient (Wildman–Crippen LogP) is 2.96. The van der Waals surface area contributed by atoms with E-state index in [0.29, 0.717) is 12.0 Å². The van der Waals surface area contributed by atoms with Crippen molar-refractivity contribution in [2.45, 2.75) is 58.2 Å². The molecule has 0 aromatic carbocycles. The quantitative estimate of drug-likeness (QED) is 0.881. The normalized spacial score (nSPS) is 23.3. The molecule has 1 saturated carbocycles. The van der Waals surface area contributed by atoms with Crippen molar-refractivity contribution < 1.29 is 0 Å². The molecule has 104 valence electrons. The summed E-state index contributed by atoms with van der Waals surface area (Å²) in [6, 6.07) is 5.71. The summed E-state index contributed by atoms with van der Waals surface area (Å²) in [7, 11) is 0. The maximum absolute atomic E-state index is 4.68. The summed E-state index contributed by atoms with van der Waals surface area (Å²) in [5.74, 6) is 1.92. The Hall–Kier alpha value is -1.09. The highest BCUT2D eigenvalue weighted by Crippen LogP contribution is 2.31. The van der Waals surface area contributed by atoms with Gasteiger partial charge in [-0.2, -0.15) is 0 Å². The van der Waals surface area contributed by atoms with Crippen molar-refractivity contribution in [3.05, 3.63) is 23.9 Å². The van der Waals surface area contributed by atoms with Gasteiger partial charge >= 0.3 is 0 Å². The molecule has 1 aliphatic heterocycles. The highest BCUT2D eigenvalue weighted by atomic mass is 15.2. The molecule has 3 rings (SSSR count). The first-order valence-corrected chi connectivity index (χ1v) is 7.69. The van der Waals surface area contributed by atoms with Gasteiger partial charge in [0.05, 0.1) is 0 Å². The number of anilines is 1. The Morgan fingerprint density at radius 1 is 1.37 bits per heavy atom. The Labute approximate surface area is 116 Å². The molecule has 1 N–H and O–H groups in total. The van der Waals surface area contributed by atoms with E-state index in [-0.39, 0.29) is 0 Å². The van der Waals surface area contributed by atoms with Gasteiger partial charge < -0.3 is 10.2 Å². The predicted molar refractivity (Wildman–Crippen MR) is 79.3 cm³/mol. The fraction of sp³-hybridized carbons (Fsp3) is 0.688. The number of aromatic nitrogens is 1. The van der Waals surface area contributed by atoms with Crippen molar-refractivity contribution in [3.8, 4) is 0 Å². The molecule has 1 unspecified atom stereocenters. The van der Waals surface area contributed by atoms with Crippen LogP contribution in [0.1, 0.15) is 45.1 Å². The molecule has 1 aromatic rings. The second kappa shape index (κ2) is 5.49. The minimum Gasteiger partial charge on any atom is -0.353 e. The highest BCUT2D eigenvalue weighted by molar-refractivity contribution is 5.48. The number of hydrogen-bond acceptors (Lipinski definition) is 3. The van der Waals surface area contributed by atoms with Crippen molar-refractivity contribution in [3.63, 3.8) is 0 Å². The summed E-state index contributed by atoms with van der Waals surface area (Å²) in [4.78, 5) is 7.21. The molecule has 0 amide bonds. The van der Waals surface area contributed by atoms with Crippen LogP contribution in [-0.4, -0.2) is 23.6 Å². The minimum atomic E-state index is 0.662. The SMILES string of the molecule is CC(C)C1CCCN1c1ncccc1CNC1CC1. The van der Waals surface area contributed by atoms with Gasteiger partial charge in [0.1, 0.15) is 5.82 Å². The molecule has 2 aliphatic rings. The second-order valence-corrected chi connectivity index (χ2v) is 6.29. The maximum Gasteiger partial charge on any atom is 0.133 e. The topological polar surface area (TPSA) is 28.2 Å². The van der Waals surface area contributed by atoms with Crippen LogP contribution in [0.5, 0.6) is 0 Å². The van der Waals surface area contributed by atoms with Gasteiger partial charge in [-0.1, -0.05) is 19.9 Å². The molecule has 0 radical (unpaired) electrons. The molecule has 3 nitrogen and oxygen atoms in total. The van der Waals surface area contributed by atoms with E-state index in [1.807, 2.05) is 6.20 Å². The van der Waals surface area contributed by atoms with Crippen LogP contribution in [0.25, 0.3) is 0 Å². The zero-order valence-electron chi connectivity index (χ0n) is 12.1. The van der Waals surface area contributed by atoms with Gasteiger partial charge in [0.25, 0.3) is 0 Å². The lowest BCUT2D eigenvalue weighted by Gasteiger charge is -2.30. The summed E-state index contributed by atoms with van der Waals surface area (Å²) in [5.41, 5.74) is 1.36. The molecule has 2 fully saturated rings. The van der Waals surface area contributed by atoms with E-state index in [1.165, 1.54) is 37.1 Å². The van der Waals surface area contributed by atoms with Crippen LogP contribution in [-0.2, 0) is 6.54 Å². The lowest BCUT2D eigenvalue weighted by atomic mass is 10.0. The molecular weight excluding hydrogens is 234 g/mol. The largest absolute Gasteiger partial charge is 0.353 e. The Morgan fingerprint density at radius 2 is 2.21 bits per heavy atom. The van der Waals surface area contributed by atoms with Crippen LogP contribution >= 0.6 is 0 Å². The number of hydrogen-bond donors (Lipinski definition) is 1.